The van der Waals surface area contributed by atoms with Crippen molar-refractivity contribution in [3.63, 3.8) is 0 Å². The Bertz CT molecular complexity index is 187. The Kier molecular flexibility index (Phi) is 1.22. The van der Waals surface area contributed by atoms with Crippen LogP contribution >= 0.6 is 0 Å². The van der Waals surface area contributed by atoms with Gasteiger partial charge in [-0.05, 0) is 0 Å². The smallest absolute Gasteiger partial charge is 0.168 e. The Morgan fingerprint density at radius 1 is 1.62 bits per heavy atom. The third kappa shape index (κ3) is 1.01. The lowest BCUT2D eigenvalue weighted by molar-refractivity contribution is 0.543. The molecule has 0 unspecified atom stereocenters. The minimum atomic E-state index is -0.648. The number of hydrogen-bond donors (Lipinski definition) is 0. The molecule has 0 amide bonds. The molecule has 0 atom stereocenters. The molecule has 3 heteroatoms. The average Bonchev–Trinajstić information content (AvgIpc) is 1.64. The highest BCUT2D eigenvalue weighted by atomic mass is 19.1. The van der Waals surface area contributed by atoms with Crippen LogP contribution in [0, 0.1) is 0 Å². The van der Waals surface area contributed by atoms with Crippen molar-refractivity contribution in [1.82, 2.24) is 0 Å². The van der Waals surface area contributed by atoms with Gasteiger partial charge in [0.25, 0.3) is 0 Å². The summed E-state index contributed by atoms with van der Waals surface area (Å²) in [6, 6.07) is 0. The molecule has 0 radical (unpaired) electrons. The van der Waals surface area contributed by atoms with Gasteiger partial charge in [0.1, 0.15) is 5.83 Å². The van der Waals surface area contributed by atoms with Crippen molar-refractivity contribution in [2.75, 3.05) is 0 Å². The van der Waals surface area contributed by atoms with Crippen molar-refractivity contribution in [2.45, 2.75) is 6.42 Å². The van der Waals surface area contributed by atoms with Gasteiger partial charge < -0.3 is 0 Å². The van der Waals surface area contributed by atoms with Crippen molar-refractivity contribution >= 4 is 5.87 Å². The molecule has 0 saturated carbocycles. The van der Waals surface area contributed by atoms with E-state index in [1.54, 1.807) is 0 Å². The first-order valence-corrected chi connectivity index (χ1v) is 2.11. The van der Waals surface area contributed by atoms with E-state index in [9.17, 15) is 8.78 Å². The van der Waals surface area contributed by atoms with Crippen molar-refractivity contribution in [1.29, 1.82) is 0 Å². The standard InChI is InChI=1S/C5H3F2N/c6-4-1-5(7)3-8-2-4/h2H,1H2. The molecular weight excluding hydrogens is 112 g/mol. The quantitative estimate of drug-likeness (QED) is 0.455. The summed E-state index contributed by atoms with van der Waals surface area (Å²) in [5.41, 5.74) is 0. The number of nitrogens with zero attached hydrogens (tertiary/aromatic N) is 1. The summed E-state index contributed by atoms with van der Waals surface area (Å²) in [6.45, 7) is 0. The lowest BCUT2D eigenvalue weighted by Crippen LogP contribution is -1.81. The van der Waals surface area contributed by atoms with E-state index in [-0.39, 0.29) is 6.42 Å². The van der Waals surface area contributed by atoms with Crippen LogP contribution in [0.15, 0.2) is 22.8 Å². The molecule has 1 aliphatic heterocycles. The first-order valence-electron chi connectivity index (χ1n) is 2.11. The van der Waals surface area contributed by atoms with E-state index in [0.29, 0.717) is 0 Å². The van der Waals surface area contributed by atoms with Gasteiger partial charge in [-0.25, -0.2) is 13.8 Å². The maximum atomic E-state index is 11.9. The molecule has 42 valence electrons. The molecule has 0 N–H and O–H groups in total. The molecule has 0 aromatic rings. The third-order valence-corrected chi connectivity index (χ3v) is 0.715. The zero-order valence-corrected chi connectivity index (χ0v) is 3.99. The number of rotatable bonds is 0. The Hall–Kier alpha value is -0.950. The van der Waals surface area contributed by atoms with Crippen molar-refractivity contribution < 1.29 is 8.78 Å². The van der Waals surface area contributed by atoms with E-state index in [4.69, 9.17) is 0 Å². The summed E-state index contributed by atoms with van der Waals surface area (Å²) in [7, 11) is 0. The normalized spacial score (nSPS) is 17.8. The van der Waals surface area contributed by atoms with Crippen molar-refractivity contribution in [3.8, 4) is 0 Å². The Morgan fingerprint density at radius 3 is 2.75 bits per heavy atom. The van der Waals surface area contributed by atoms with E-state index in [1.807, 2.05) is 5.87 Å². The molecule has 1 heterocycles. The third-order valence-electron chi connectivity index (χ3n) is 0.715. The summed E-state index contributed by atoms with van der Waals surface area (Å²) in [5.74, 6) is 0.768. The molecule has 1 nitrogen and oxygen atoms in total. The first kappa shape index (κ1) is 5.19. The molecule has 0 spiro atoms. The van der Waals surface area contributed by atoms with E-state index < -0.39 is 11.7 Å². The van der Waals surface area contributed by atoms with Crippen LogP contribution in [0.4, 0.5) is 8.78 Å². The van der Waals surface area contributed by atoms with Crippen molar-refractivity contribution in [3.05, 3.63) is 17.9 Å². The predicted molar refractivity (Wildman–Crippen MR) is 25.9 cm³/mol. The minimum Gasteiger partial charge on any atom is -0.210 e. The summed E-state index contributed by atoms with van der Waals surface area (Å²) < 4.78 is 23.8. The molecule has 0 fully saturated rings. The molecule has 0 aromatic carbocycles. The average molecular weight is 115 g/mol. The summed E-state index contributed by atoms with van der Waals surface area (Å²) in [6.07, 6.45) is 0.659. The lowest BCUT2D eigenvalue weighted by Gasteiger charge is -1.91. The van der Waals surface area contributed by atoms with Gasteiger partial charge in [0, 0.05) is 5.87 Å². The number of halogens is 2. The summed E-state index contributed by atoms with van der Waals surface area (Å²) in [4.78, 5) is 3.14. The maximum absolute atomic E-state index is 11.9. The van der Waals surface area contributed by atoms with Crippen LogP contribution < -0.4 is 0 Å². The van der Waals surface area contributed by atoms with Crippen LogP contribution in [-0.2, 0) is 0 Å². The van der Waals surface area contributed by atoms with E-state index in [1.165, 1.54) is 0 Å². The molecule has 1 aliphatic rings. The van der Waals surface area contributed by atoms with Crippen LogP contribution in [0.25, 0.3) is 0 Å². The van der Waals surface area contributed by atoms with Crippen LogP contribution in [-0.4, -0.2) is 5.87 Å². The second-order valence-corrected chi connectivity index (χ2v) is 1.40. The number of aliphatic imine (C=N–C) groups is 1. The number of allylic oxidation sites excluding steroid dienone is 2. The fourth-order valence-corrected chi connectivity index (χ4v) is 0.406. The van der Waals surface area contributed by atoms with Crippen LogP contribution in [0.5, 0.6) is 0 Å². The van der Waals surface area contributed by atoms with Gasteiger partial charge >= 0.3 is 0 Å². The minimum absolute atomic E-state index is 0.288. The second-order valence-electron chi connectivity index (χ2n) is 1.40. The SMILES string of the molecule is FC1=C=NC=C(F)C1. The second kappa shape index (κ2) is 1.88. The molecular formula is C5H3F2N. The van der Waals surface area contributed by atoms with E-state index in [2.05, 4.69) is 4.99 Å². The van der Waals surface area contributed by atoms with E-state index in [0.717, 1.165) is 6.20 Å². The highest BCUT2D eigenvalue weighted by Gasteiger charge is 2.01. The molecule has 0 aromatic heterocycles. The van der Waals surface area contributed by atoms with Crippen molar-refractivity contribution in [2.24, 2.45) is 4.99 Å². The van der Waals surface area contributed by atoms with Crippen LogP contribution in [0.3, 0.4) is 0 Å². The fraction of sp³-hybridized carbons (Fsp3) is 0.200. The Morgan fingerprint density at radius 2 is 2.38 bits per heavy atom. The molecule has 0 saturated heterocycles. The van der Waals surface area contributed by atoms with Crippen LogP contribution in [0.2, 0.25) is 0 Å². The monoisotopic (exact) mass is 115 g/mol. The van der Waals surface area contributed by atoms with Gasteiger partial charge in [0.2, 0.25) is 0 Å². The van der Waals surface area contributed by atoms with Gasteiger partial charge in [-0.3, -0.25) is 0 Å². The summed E-state index contributed by atoms with van der Waals surface area (Å²) in [5, 5.41) is 0. The van der Waals surface area contributed by atoms with Gasteiger partial charge in [-0.2, -0.15) is 0 Å². The Labute approximate surface area is 45.0 Å². The van der Waals surface area contributed by atoms with Gasteiger partial charge in [0.05, 0.1) is 12.6 Å². The lowest BCUT2D eigenvalue weighted by atomic mass is 10.3. The summed E-state index contributed by atoms with van der Waals surface area (Å²) >= 11 is 0. The Balaban J connectivity index is 2.83. The molecule has 0 aliphatic carbocycles. The first-order chi connectivity index (χ1) is 3.79. The molecule has 0 bridgehead atoms. The highest BCUT2D eigenvalue weighted by molar-refractivity contribution is 5.58. The van der Waals surface area contributed by atoms with Gasteiger partial charge in [-0.15, -0.1) is 0 Å². The fourth-order valence-electron chi connectivity index (χ4n) is 0.406. The van der Waals surface area contributed by atoms with E-state index >= 15 is 0 Å². The largest absolute Gasteiger partial charge is 0.210 e. The molecule has 1 rings (SSSR count). The predicted octanol–water partition coefficient (Wildman–Crippen LogP) is 1.72. The van der Waals surface area contributed by atoms with Crippen LogP contribution in [0.1, 0.15) is 6.42 Å². The van der Waals surface area contributed by atoms with Gasteiger partial charge in [0.15, 0.2) is 5.83 Å². The van der Waals surface area contributed by atoms with Gasteiger partial charge in [-0.1, -0.05) is 0 Å². The number of hydrogen-bond acceptors (Lipinski definition) is 1. The highest BCUT2D eigenvalue weighted by Crippen LogP contribution is 2.13. The zero-order valence-electron chi connectivity index (χ0n) is 3.99. The molecule has 8 heavy (non-hydrogen) atoms. The maximum Gasteiger partial charge on any atom is 0.168 e. The topological polar surface area (TPSA) is 12.4 Å². The zero-order chi connectivity index (χ0) is 5.98.